The van der Waals surface area contributed by atoms with Crippen LogP contribution >= 0.6 is 0 Å². The van der Waals surface area contributed by atoms with Crippen LogP contribution in [0.4, 0.5) is 10.5 Å². The highest BCUT2D eigenvalue weighted by molar-refractivity contribution is 5.90. The normalized spacial score (nSPS) is 15.9. The van der Waals surface area contributed by atoms with Crippen molar-refractivity contribution in [2.24, 2.45) is 0 Å². The lowest BCUT2D eigenvalue weighted by Crippen LogP contribution is -2.34. The van der Waals surface area contributed by atoms with E-state index in [4.69, 9.17) is 9.47 Å². The van der Waals surface area contributed by atoms with Gasteiger partial charge >= 0.3 is 12.0 Å². The van der Waals surface area contributed by atoms with Gasteiger partial charge in [-0.2, -0.15) is 0 Å². The van der Waals surface area contributed by atoms with Gasteiger partial charge < -0.3 is 19.7 Å². The number of amides is 2. The Bertz CT molecular complexity index is 875. The van der Waals surface area contributed by atoms with Crippen molar-refractivity contribution in [2.75, 3.05) is 25.1 Å². The molecule has 158 valence electrons. The van der Waals surface area contributed by atoms with E-state index in [1.165, 1.54) is 6.08 Å². The second-order valence-corrected chi connectivity index (χ2v) is 6.99. The van der Waals surface area contributed by atoms with Crippen LogP contribution in [0.1, 0.15) is 43.9 Å². The Hall–Kier alpha value is -3.28. The monoisotopic (exact) mass is 408 g/mol. The molecule has 1 atom stereocenters. The van der Waals surface area contributed by atoms with Crippen LogP contribution < -0.4 is 10.1 Å². The maximum Gasteiger partial charge on any atom is 0.330 e. The summed E-state index contributed by atoms with van der Waals surface area (Å²) < 4.78 is 10.4. The van der Waals surface area contributed by atoms with Gasteiger partial charge in [-0.25, -0.2) is 9.59 Å². The first-order valence-corrected chi connectivity index (χ1v) is 10.4. The van der Waals surface area contributed by atoms with Crippen molar-refractivity contribution in [1.82, 2.24) is 4.90 Å². The average molecular weight is 408 g/mol. The topological polar surface area (TPSA) is 67.9 Å². The third-order valence-corrected chi connectivity index (χ3v) is 4.95. The number of anilines is 1. The van der Waals surface area contributed by atoms with Crippen molar-refractivity contribution in [3.63, 3.8) is 0 Å². The summed E-state index contributed by atoms with van der Waals surface area (Å²) in [4.78, 5) is 26.1. The Morgan fingerprint density at radius 3 is 2.47 bits per heavy atom. The maximum absolute atomic E-state index is 12.9. The van der Waals surface area contributed by atoms with Crippen molar-refractivity contribution < 1.29 is 19.1 Å². The molecule has 6 nitrogen and oxygen atoms in total. The van der Waals surface area contributed by atoms with Gasteiger partial charge in [-0.05, 0) is 68.2 Å². The van der Waals surface area contributed by atoms with E-state index < -0.39 is 0 Å². The van der Waals surface area contributed by atoms with Crippen molar-refractivity contribution in [3.8, 4) is 5.75 Å². The molecule has 0 saturated carbocycles. The zero-order chi connectivity index (χ0) is 21.3. The summed E-state index contributed by atoms with van der Waals surface area (Å²) in [5.74, 6) is 0.469. The van der Waals surface area contributed by atoms with Gasteiger partial charge in [0, 0.05) is 18.3 Å². The summed E-state index contributed by atoms with van der Waals surface area (Å²) in [5, 5.41) is 2.97. The summed E-state index contributed by atoms with van der Waals surface area (Å²) in [7, 11) is 0. The largest absolute Gasteiger partial charge is 0.494 e. The molecule has 1 fully saturated rings. The molecular formula is C24H28N2O4. The fourth-order valence-electron chi connectivity index (χ4n) is 3.54. The molecule has 0 radical (unpaired) electrons. The summed E-state index contributed by atoms with van der Waals surface area (Å²) in [6.45, 7) is 5.44. The molecule has 0 aliphatic carbocycles. The van der Waals surface area contributed by atoms with E-state index >= 15 is 0 Å². The number of hydrogen-bond acceptors (Lipinski definition) is 4. The number of carbonyl (C=O) groups is 2. The van der Waals surface area contributed by atoms with Crippen LogP contribution in [0.2, 0.25) is 0 Å². The van der Waals surface area contributed by atoms with E-state index in [9.17, 15) is 9.59 Å². The number of nitrogens with zero attached hydrogens (tertiary/aromatic N) is 1. The maximum atomic E-state index is 12.9. The van der Waals surface area contributed by atoms with Crippen molar-refractivity contribution in [3.05, 3.63) is 65.7 Å². The highest BCUT2D eigenvalue weighted by Gasteiger charge is 2.30. The molecule has 2 aromatic rings. The van der Waals surface area contributed by atoms with Crippen LogP contribution in [-0.4, -0.2) is 36.7 Å². The molecule has 1 N–H and O–H groups in total. The quantitative estimate of drug-likeness (QED) is 0.515. The molecule has 2 aromatic carbocycles. The Labute approximate surface area is 177 Å². The number of rotatable bonds is 7. The standard InChI is InChI=1S/C24H28N2O4/c1-3-29-21-14-10-19(11-15-21)22-6-5-17-26(22)24(28)25-20-12-7-18(8-13-20)9-16-23(27)30-4-2/h7-16,22H,3-6,17H2,1-2H3,(H,25,28)/b16-9+. The number of carbonyl (C=O) groups excluding carboxylic acids is 2. The minimum absolute atomic E-state index is 0.0625. The second-order valence-electron chi connectivity index (χ2n) is 6.99. The molecule has 0 bridgehead atoms. The molecule has 1 unspecified atom stereocenters. The molecule has 1 saturated heterocycles. The van der Waals surface area contributed by atoms with Gasteiger partial charge in [0.15, 0.2) is 0 Å². The lowest BCUT2D eigenvalue weighted by atomic mass is 10.0. The third-order valence-electron chi connectivity index (χ3n) is 4.95. The van der Waals surface area contributed by atoms with E-state index in [-0.39, 0.29) is 18.0 Å². The summed E-state index contributed by atoms with van der Waals surface area (Å²) in [6.07, 6.45) is 5.00. The molecule has 0 spiro atoms. The van der Waals surface area contributed by atoms with Gasteiger partial charge in [-0.3, -0.25) is 0 Å². The molecular weight excluding hydrogens is 380 g/mol. The summed E-state index contributed by atoms with van der Waals surface area (Å²) in [5.41, 5.74) is 2.69. The number of nitrogens with one attached hydrogen (secondary N) is 1. The first kappa shape index (κ1) is 21.4. The molecule has 6 heteroatoms. The lowest BCUT2D eigenvalue weighted by Gasteiger charge is -2.25. The molecule has 0 aromatic heterocycles. The first-order valence-electron chi connectivity index (χ1n) is 10.4. The Kier molecular flexibility index (Phi) is 7.49. The second kappa shape index (κ2) is 10.5. The van der Waals surface area contributed by atoms with Crippen LogP contribution in [-0.2, 0) is 9.53 Å². The Morgan fingerprint density at radius 2 is 1.80 bits per heavy atom. The lowest BCUT2D eigenvalue weighted by molar-refractivity contribution is -0.137. The Balaban J connectivity index is 1.61. The van der Waals surface area contributed by atoms with E-state index in [1.807, 2.05) is 60.4 Å². The van der Waals surface area contributed by atoms with Gasteiger partial charge in [0.25, 0.3) is 0 Å². The molecule has 30 heavy (non-hydrogen) atoms. The van der Waals surface area contributed by atoms with Crippen LogP contribution in [0.15, 0.2) is 54.6 Å². The molecule has 2 amide bonds. The van der Waals surface area contributed by atoms with Gasteiger partial charge in [-0.1, -0.05) is 24.3 Å². The fourth-order valence-corrected chi connectivity index (χ4v) is 3.54. The fraction of sp³-hybridized carbons (Fsp3) is 0.333. The highest BCUT2D eigenvalue weighted by atomic mass is 16.5. The van der Waals surface area contributed by atoms with E-state index in [0.29, 0.717) is 18.9 Å². The first-order chi connectivity index (χ1) is 14.6. The zero-order valence-corrected chi connectivity index (χ0v) is 17.5. The number of urea groups is 1. The molecule has 1 aliphatic rings. The summed E-state index contributed by atoms with van der Waals surface area (Å²) in [6, 6.07) is 15.3. The predicted octanol–water partition coefficient (Wildman–Crippen LogP) is 5.03. The van der Waals surface area contributed by atoms with Crippen molar-refractivity contribution >= 4 is 23.8 Å². The summed E-state index contributed by atoms with van der Waals surface area (Å²) >= 11 is 0. The van der Waals surface area contributed by atoms with Crippen molar-refractivity contribution in [2.45, 2.75) is 32.7 Å². The number of hydrogen-bond donors (Lipinski definition) is 1. The predicted molar refractivity (Wildman–Crippen MR) is 117 cm³/mol. The minimum Gasteiger partial charge on any atom is -0.494 e. The van der Waals surface area contributed by atoms with Crippen LogP contribution in [0, 0.1) is 0 Å². The number of ether oxygens (including phenoxy) is 2. The smallest absolute Gasteiger partial charge is 0.330 e. The van der Waals surface area contributed by atoms with Gasteiger partial charge in [0.2, 0.25) is 0 Å². The van der Waals surface area contributed by atoms with Gasteiger partial charge in [0.05, 0.1) is 19.3 Å². The van der Waals surface area contributed by atoms with Crippen LogP contribution in [0.5, 0.6) is 5.75 Å². The van der Waals surface area contributed by atoms with E-state index in [2.05, 4.69) is 5.32 Å². The SMILES string of the molecule is CCOC(=O)/C=C/c1ccc(NC(=O)N2CCCC2c2ccc(OCC)cc2)cc1. The molecule has 3 rings (SSSR count). The van der Waals surface area contributed by atoms with Gasteiger partial charge in [-0.15, -0.1) is 0 Å². The zero-order valence-electron chi connectivity index (χ0n) is 17.5. The van der Waals surface area contributed by atoms with Crippen LogP contribution in [0.3, 0.4) is 0 Å². The highest BCUT2D eigenvalue weighted by Crippen LogP contribution is 2.33. The van der Waals surface area contributed by atoms with E-state index in [1.54, 1.807) is 13.0 Å². The van der Waals surface area contributed by atoms with Gasteiger partial charge in [0.1, 0.15) is 5.75 Å². The number of benzene rings is 2. The minimum atomic E-state index is -0.371. The third kappa shape index (κ3) is 5.63. The van der Waals surface area contributed by atoms with Crippen LogP contribution in [0.25, 0.3) is 6.08 Å². The number of likely N-dealkylation sites (tertiary alicyclic amines) is 1. The molecule has 1 heterocycles. The van der Waals surface area contributed by atoms with E-state index in [0.717, 1.165) is 36.3 Å². The van der Waals surface area contributed by atoms with Crippen molar-refractivity contribution in [1.29, 1.82) is 0 Å². The Morgan fingerprint density at radius 1 is 1.07 bits per heavy atom. The number of esters is 1. The molecule has 1 aliphatic heterocycles. The average Bonchev–Trinajstić information content (AvgIpc) is 3.24.